The molecular weight excluding hydrogens is 464 g/mol. The third-order valence-electron chi connectivity index (χ3n) is 8.68. The van der Waals surface area contributed by atoms with Crippen molar-refractivity contribution >= 4 is 5.91 Å². The minimum Gasteiger partial charge on any atom is -0.396 e. The Morgan fingerprint density at radius 3 is 2.49 bits per heavy atom. The number of carbonyl (C=O) groups excluding carboxylic acids is 1. The molecule has 0 radical (unpaired) electrons. The molecule has 7 nitrogen and oxygen atoms in total. The van der Waals surface area contributed by atoms with Crippen LogP contribution in [0.25, 0.3) is 0 Å². The van der Waals surface area contributed by atoms with Gasteiger partial charge in [0.05, 0.1) is 17.8 Å². The summed E-state index contributed by atoms with van der Waals surface area (Å²) in [5.74, 6) is 0.453. The quantitative estimate of drug-likeness (QED) is 0.566. The Morgan fingerprint density at radius 2 is 1.76 bits per heavy atom. The van der Waals surface area contributed by atoms with Crippen LogP contribution in [0.3, 0.4) is 0 Å². The summed E-state index contributed by atoms with van der Waals surface area (Å²) in [7, 11) is 0. The lowest BCUT2D eigenvalue weighted by Gasteiger charge is -2.38. The molecule has 0 aliphatic carbocycles. The summed E-state index contributed by atoms with van der Waals surface area (Å²) in [5, 5.41) is 10.6. The van der Waals surface area contributed by atoms with Crippen LogP contribution in [-0.4, -0.2) is 56.1 Å². The third kappa shape index (κ3) is 4.51. The molecule has 0 bridgehead atoms. The number of nitrogens with zero attached hydrogens (tertiary/aromatic N) is 4. The number of pyridine rings is 2. The molecule has 5 heterocycles. The molecule has 3 aliphatic heterocycles. The summed E-state index contributed by atoms with van der Waals surface area (Å²) in [4.78, 5) is 35.5. The number of hydrogen-bond acceptors (Lipinski definition) is 5. The molecule has 0 saturated carbocycles. The number of piperidine rings is 1. The maximum absolute atomic E-state index is 14.1. The van der Waals surface area contributed by atoms with Crippen LogP contribution in [0.1, 0.15) is 35.8 Å². The van der Waals surface area contributed by atoms with E-state index in [2.05, 4.69) is 34.1 Å². The highest BCUT2D eigenvalue weighted by atomic mass is 16.3. The van der Waals surface area contributed by atoms with Gasteiger partial charge in [-0.1, -0.05) is 42.5 Å². The molecule has 7 heteroatoms. The van der Waals surface area contributed by atoms with Gasteiger partial charge in [-0.3, -0.25) is 19.5 Å². The molecule has 37 heavy (non-hydrogen) atoms. The molecule has 2 aromatic heterocycles. The highest BCUT2D eigenvalue weighted by Gasteiger charge is 2.56. The molecule has 192 valence electrons. The SMILES string of the molecule is O=C([C@H]1[C@H](CO)[C@H]2Cn3c(cccc3=O)[C@H]2N1Cc1ccccn1)N1CCC(Cc2ccccc2)CC1. The topological polar surface area (TPSA) is 78.7 Å². The van der Waals surface area contributed by atoms with Crippen LogP contribution in [0, 0.1) is 17.8 Å². The number of aromatic nitrogens is 2. The molecule has 1 amide bonds. The Balaban J connectivity index is 1.25. The van der Waals surface area contributed by atoms with Crippen molar-refractivity contribution in [3.05, 3.63) is 100 Å². The van der Waals surface area contributed by atoms with Gasteiger partial charge < -0.3 is 14.6 Å². The van der Waals surface area contributed by atoms with Crippen LogP contribution in [0.4, 0.5) is 0 Å². The van der Waals surface area contributed by atoms with Crippen molar-refractivity contribution in [3.8, 4) is 0 Å². The lowest BCUT2D eigenvalue weighted by atomic mass is 9.86. The molecule has 1 aromatic carbocycles. The van der Waals surface area contributed by atoms with Crippen LogP contribution in [0.5, 0.6) is 0 Å². The first kappa shape index (κ1) is 24.1. The zero-order valence-corrected chi connectivity index (χ0v) is 21.0. The first-order chi connectivity index (χ1) is 18.1. The van der Waals surface area contributed by atoms with Gasteiger partial charge in [0.2, 0.25) is 5.91 Å². The lowest BCUT2D eigenvalue weighted by molar-refractivity contribution is -0.140. The van der Waals surface area contributed by atoms with Gasteiger partial charge >= 0.3 is 0 Å². The summed E-state index contributed by atoms with van der Waals surface area (Å²) < 4.78 is 1.82. The highest BCUT2D eigenvalue weighted by Crippen LogP contribution is 2.50. The van der Waals surface area contributed by atoms with Crippen LogP contribution >= 0.6 is 0 Å². The Bertz CT molecular complexity index is 1290. The second kappa shape index (κ2) is 10.2. The third-order valence-corrected chi connectivity index (χ3v) is 8.68. The smallest absolute Gasteiger partial charge is 0.250 e. The maximum atomic E-state index is 14.1. The van der Waals surface area contributed by atoms with Gasteiger partial charge in [-0.25, -0.2) is 0 Å². The standard InChI is InChI=1S/C30H34N4O3/c35-20-25-24-19-33-26(10-6-11-27(33)36)28(24)34(18-23-9-4-5-14-31-23)29(25)30(37)32-15-12-22(13-16-32)17-21-7-2-1-3-8-21/h1-11,14,22,24-25,28-29,35H,12-13,15-20H2/t24-,25-,28+,29-/m1/s1. The molecule has 3 aromatic rings. The van der Waals surface area contributed by atoms with Crippen molar-refractivity contribution in [1.29, 1.82) is 0 Å². The fraction of sp³-hybridized carbons (Fsp3) is 0.433. The zero-order chi connectivity index (χ0) is 25.4. The number of benzene rings is 1. The number of rotatable bonds is 6. The number of carbonyl (C=O) groups is 1. The summed E-state index contributed by atoms with van der Waals surface area (Å²) in [6.45, 7) is 2.44. The lowest BCUT2D eigenvalue weighted by Crippen LogP contribution is -2.51. The molecule has 0 unspecified atom stereocenters. The van der Waals surface area contributed by atoms with E-state index >= 15 is 0 Å². The molecule has 0 spiro atoms. The van der Waals surface area contributed by atoms with Crippen molar-refractivity contribution in [2.45, 2.75) is 44.4 Å². The zero-order valence-electron chi connectivity index (χ0n) is 21.0. The Hall–Kier alpha value is -3.29. The van der Waals surface area contributed by atoms with Crippen LogP contribution < -0.4 is 5.56 Å². The molecule has 3 aliphatic rings. The number of amides is 1. The van der Waals surface area contributed by atoms with Crippen molar-refractivity contribution in [1.82, 2.24) is 19.4 Å². The average Bonchev–Trinajstić information content (AvgIpc) is 3.46. The van der Waals surface area contributed by atoms with Crippen molar-refractivity contribution < 1.29 is 9.90 Å². The van der Waals surface area contributed by atoms with Crippen LogP contribution in [0.15, 0.2) is 77.7 Å². The van der Waals surface area contributed by atoms with E-state index in [9.17, 15) is 14.7 Å². The van der Waals surface area contributed by atoms with Gasteiger partial charge in [-0.2, -0.15) is 0 Å². The molecule has 2 fully saturated rings. The number of aliphatic hydroxyl groups is 1. The van der Waals surface area contributed by atoms with E-state index in [1.807, 2.05) is 39.8 Å². The molecule has 4 atom stereocenters. The van der Waals surface area contributed by atoms with E-state index in [1.165, 1.54) is 5.56 Å². The number of fused-ring (bicyclic) bond motifs is 3. The summed E-state index contributed by atoms with van der Waals surface area (Å²) in [5.41, 5.74) is 3.15. The van der Waals surface area contributed by atoms with E-state index in [0.29, 0.717) is 19.0 Å². The predicted molar refractivity (Wildman–Crippen MR) is 141 cm³/mol. The summed E-state index contributed by atoms with van der Waals surface area (Å²) in [6, 6.07) is 21.3. The first-order valence-electron chi connectivity index (χ1n) is 13.4. The number of aliphatic hydroxyl groups excluding tert-OH is 1. The minimum atomic E-state index is -0.434. The predicted octanol–water partition coefficient (Wildman–Crippen LogP) is 2.89. The molecular formula is C30H34N4O3. The average molecular weight is 499 g/mol. The largest absolute Gasteiger partial charge is 0.396 e. The number of likely N-dealkylation sites (tertiary alicyclic amines) is 2. The van der Waals surface area contributed by atoms with Crippen LogP contribution in [-0.2, 0) is 24.3 Å². The fourth-order valence-electron chi connectivity index (χ4n) is 6.89. The van der Waals surface area contributed by atoms with Gasteiger partial charge in [0, 0.05) is 62.6 Å². The van der Waals surface area contributed by atoms with E-state index in [4.69, 9.17) is 0 Å². The Kier molecular flexibility index (Phi) is 6.65. The van der Waals surface area contributed by atoms with Gasteiger partial charge in [0.25, 0.3) is 5.56 Å². The van der Waals surface area contributed by atoms with Gasteiger partial charge in [-0.15, -0.1) is 0 Å². The molecule has 2 saturated heterocycles. The van der Waals surface area contributed by atoms with Gasteiger partial charge in [0.15, 0.2) is 0 Å². The second-order valence-corrected chi connectivity index (χ2v) is 10.8. The van der Waals surface area contributed by atoms with Crippen molar-refractivity contribution in [2.24, 2.45) is 17.8 Å². The second-order valence-electron chi connectivity index (χ2n) is 10.8. The number of hydrogen-bond donors (Lipinski definition) is 1. The van der Waals surface area contributed by atoms with E-state index in [-0.39, 0.29) is 36.0 Å². The van der Waals surface area contributed by atoms with E-state index in [0.717, 1.165) is 43.7 Å². The van der Waals surface area contributed by atoms with Crippen molar-refractivity contribution in [2.75, 3.05) is 19.7 Å². The van der Waals surface area contributed by atoms with E-state index < -0.39 is 6.04 Å². The molecule has 6 rings (SSSR count). The minimum absolute atomic E-state index is 0.00776. The van der Waals surface area contributed by atoms with Crippen LogP contribution in [0.2, 0.25) is 0 Å². The van der Waals surface area contributed by atoms with Gasteiger partial charge in [0.1, 0.15) is 0 Å². The monoisotopic (exact) mass is 498 g/mol. The van der Waals surface area contributed by atoms with Gasteiger partial charge in [-0.05, 0) is 48.9 Å². The first-order valence-corrected chi connectivity index (χ1v) is 13.4. The fourth-order valence-corrected chi connectivity index (χ4v) is 6.89. The highest BCUT2D eigenvalue weighted by molar-refractivity contribution is 5.83. The maximum Gasteiger partial charge on any atom is 0.250 e. The summed E-state index contributed by atoms with van der Waals surface area (Å²) in [6.07, 6.45) is 4.80. The summed E-state index contributed by atoms with van der Waals surface area (Å²) >= 11 is 0. The molecule has 1 N–H and O–H groups in total. The van der Waals surface area contributed by atoms with E-state index in [1.54, 1.807) is 18.3 Å². The Labute approximate surface area is 217 Å². The van der Waals surface area contributed by atoms with Crippen molar-refractivity contribution in [3.63, 3.8) is 0 Å². The Morgan fingerprint density at radius 1 is 0.973 bits per heavy atom. The normalized spacial score (nSPS) is 25.7.